The van der Waals surface area contributed by atoms with Gasteiger partial charge in [0.15, 0.2) is 0 Å². The topological polar surface area (TPSA) is 40.1 Å². The zero-order chi connectivity index (χ0) is 11.5. The quantitative estimate of drug-likeness (QED) is 0.762. The number of carbonyl (C=O) groups is 1. The van der Waals surface area contributed by atoms with Crippen molar-refractivity contribution in [3.63, 3.8) is 0 Å². The highest BCUT2D eigenvalue weighted by Crippen LogP contribution is 2.19. The van der Waals surface area contributed by atoms with Gasteiger partial charge < -0.3 is 9.90 Å². The maximum atomic E-state index is 10.6. The first-order chi connectivity index (χ1) is 7.66. The van der Waals surface area contributed by atoms with Gasteiger partial charge in [0.2, 0.25) is 0 Å². The summed E-state index contributed by atoms with van der Waals surface area (Å²) in [4.78, 5) is 10.6. The highest BCUT2D eigenvalue weighted by Gasteiger charge is 1.98. The van der Waals surface area contributed by atoms with E-state index < -0.39 is 5.97 Å². The van der Waals surface area contributed by atoms with Crippen LogP contribution >= 0.6 is 0 Å². The van der Waals surface area contributed by atoms with E-state index in [4.69, 9.17) is 0 Å². The van der Waals surface area contributed by atoms with E-state index in [1.54, 1.807) is 24.3 Å². The monoisotopic (exact) mass is 211 g/mol. The molecule has 2 nitrogen and oxygen atoms in total. The summed E-state index contributed by atoms with van der Waals surface area (Å²) in [6.07, 6.45) is 0. The lowest BCUT2D eigenvalue weighted by molar-refractivity contribution is -0.255. The van der Waals surface area contributed by atoms with E-state index in [-0.39, 0.29) is 5.56 Å². The van der Waals surface area contributed by atoms with Crippen LogP contribution in [0, 0.1) is 6.92 Å². The van der Waals surface area contributed by atoms with Gasteiger partial charge in [-0.15, -0.1) is 0 Å². The normalized spacial score (nSPS) is 10.1. The Morgan fingerprint density at radius 1 is 0.875 bits per heavy atom. The number of benzene rings is 2. The Kier molecular flexibility index (Phi) is 2.73. The van der Waals surface area contributed by atoms with Gasteiger partial charge in [0.05, 0.1) is 5.97 Å². The second-order valence-corrected chi connectivity index (χ2v) is 3.73. The summed E-state index contributed by atoms with van der Waals surface area (Å²) in [5.41, 5.74) is 3.49. The van der Waals surface area contributed by atoms with Gasteiger partial charge in [-0.2, -0.15) is 0 Å². The Hall–Kier alpha value is -2.09. The second-order valence-electron chi connectivity index (χ2n) is 3.73. The molecule has 0 heterocycles. The Labute approximate surface area is 94.2 Å². The van der Waals surface area contributed by atoms with Crippen LogP contribution in [-0.2, 0) is 0 Å². The number of carboxylic acids is 1. The molecule has 0 aliphatic rings. The number of hydrogen-bond acceptors (Lipinski definition) is 2. The number of carbonyl (C=O) groups excluding carboxylic acids is 1. The van der Waals surface area contributed by atoms with Crippen LogP contribution in [0.4, 0.5) is 0 Å². The highest BCUT2D eigenvalue weighted by molar-refractivity contribution is 5.86. The zero-order valence-corrected chi connectivity index (χ0v) is 8.94. The number of carboxylic acid groups (broad SMARTS) is 1. The summed E-state index contributed by atoms with van der Waals surface area (Å²) < 4.78 is 0. The van der Waals surface area contributed by atoms with Gasteiger partial charge in [-0.05, 0) is 23.6 Å². The first-order valence-corrected chi connectivity index (χ1v) is 5.05. The molecule has 0 bridgehead atoms. The van der Waals surface area contributed by atoms with Gasteiger partial charge >= 0.3 is 0 Å². The molecule has 0 saturated carbocycles. The molecule has 0 spiro atoms. The van der Waals surface area contributed by atoms with Crippen molar-refractivity contribution in [2.75, 3.05) is 0 Å². The predicted molar refractivity (Wildman–Crippen MR) is 60.9 cm³/mol. The standard InChI is InChI=1S/C14H12O2/c1-10-2-4-11(5-3-10)12-6-8-13(9-7-12)14(15)16/h2-9H,1H3,(H,15,16)/p-1. The third-order valence-corrected chi connectivity index (χ3v) is 2.51. The average Bonchev–Trinajstić information content (AvgIpc) is 2.30. The van der Waals surface area contributed by atoms with Gasteiger partial charge in [-0.3, -0.25) is 0 Å². The summed E-state index contributed by atoms with van der Waals surface area (Å²) in [6, 6.07) is 14.8. The molecule has 2 aromatic rings. The molecule has 0 fully saturated rings. The lowest BCUT2D eigenvalue weighted by atomic mass is 10.0. The first-order valence-electron chi connectivity index (χ1n) is 5.05. The molecule has 0 aliphatic heterocycles. The molecule has 2 rings (SSSR count). The van der Waals surface area contributed by atoms with Crippen LogP contribution < -0.4 is 5.11 Å². The first kappa shape index (κ1) is 10.4. The third kappa shape index (κ3) is 2.11. The Bertz CT molecular complexity index is 495. The summed E-state index contributed by atoms with van der Waals surface area (Å²) in [7, 11) is 0. The van der Waals surface area contributed by atoms with E-state index >= 15 is 0 Å². The molecule has 0 amide bonds. The van der Waals surface area contributed by atoms with Gasteiger partial charge in [0.1, 0.15) is 0 Å². The number of rotatable bonds is 2. The smallest absolute Gasteiger partial charge is 0.0715 e. The summed E-state index contributed by atoms with van der Waals surface area (Å²) >= 11 is 0. The minimum Gasteiger partial charge on any atom is -0.545 e. The van der Waals surface area contributed by atoms with Crippen molar-refractivity contribution in [1.82, 2.24) is 0 Å². The Morgan fingerprint density at radius 3 is 1.75 bits per heavy atom. The second kappa shape index (κ2) is 4.19. The molecule has 2 heteroatoms. The lowest BCUT2D eigenvalue weighted by Gasteiger charge is -2.05. The molecule has 0 aliphatic carbocycles. The highest BCUT2D eigenvalue weighted by atomic mass is 16.4. The van der Waals surface area contributed by atoms with Crippen molar-refractivity contribution in [3.8, 4) is 11.1 Å². The Morgan fingerprint density at radius 2 is 1.31 bits per heavy atom. The maximum absolute atomic E-state index is 10.6. The van der Waals surface area contributed by atoms with E-state index in [1.807, 2.05) is 31.2 Å². The number of hydrogen-bond donors (Lipinski definition) is 0. The maximum Gasteiger partial charge on any atom is 0.0715 e. The van der Waals surface area contributed by atoms with Crippen molar-refractivity contribution < 1.29 is 9.90 Å². The predicted octanol–water partition coefficient (Wildman–Crippen LogP) is 2.03. The van der Waals surface area contributed by atoms with Crippen molar-refractivity contribution in [3.05, 3.63) is 59.7 Å². The molecule has 0 unspecified atom stereocenters. The minimum absolute atomic E-state index is 0.205. The van der Waals surface area contributed by atoms with E-state index in [0.717, 1.165) is 11.1 Å². The van der Waals surface area contributed by atoms with Gasteiger partial charge in [0.25, 0.3) is 0 Å². The van der Waals surface area contributed by atoms with E-state index in [2.05, 4.69) is 0 Å². The molecule has 80 valence electrons. The van der Waals surface area contributed by atoms with Crippen molar-refractivity contribution >= 4 is 5.97 Å². The molecule has 0 aromatic heterocycles. The summed E-state index contributed by atoms with van der Waals surface area (Å²) in [6.45, 7) is 2.03. The van der Waals surface area contributed by atoms with Crippen LogP contribution in [0.3, 0.4) is 0 Å². The average molecular weight is 211 g/mol. The SMILES string of the molecule is Cc1ccc(-c2ccc(C(=O)[O-])cc2)cc1. The van der Waals surface area contributed by atoms with Crippen LogP contribution in [0.15, 0.2) is 48.5 Å². The van der Waals surface area contributed by atoms with Gasteiger partial charge in [0, 0.05) is 0 Å². The van der Waals surface area contributed by atoms with Crippen LogP contribution in [0.25, 0.3) is 11.1 Å². The largest absolute Gasteiger partial charge is 0.545 e. The van der Waals surface area contributed by atoms with Crippen LogP contribution in [-0.4, -0.2) is 5.97 Å². The zero-order valence-electron chi connectivity index (χ0n) is 8.94. The molecule has 16 heavy (non-hydrogen) atoms. The fourth-order valence-electron chi connectivity index (χ4n) is 1.54. The fourth-order valence-corrected chi connectivity index (χ4v) is 1.54. The Balaban J connectivity index is 2.34. The van der Waals surface area contributed by atoms with Crippen LogP contribution in [0.5, 0.6) is 0 Å². The molecule has 0 atom stereocenters. The molecule has 0 saturated heterocycles. The third-order valence-electron chi connectivity index (χ3n) is 2.51. The van der Waals surface area contributed by atoms with E-state index in [0.29, 0.717) is 0 Å². The molecular formula is C14H11O2-. The molecular weight excluding hydrogens is 200 g/mol. The van der Waals surface area contributed by atoms with Crippen LogP contribution in [0.2, 0.25) is 0 Å². The molecule has 2 aromatic carbocycles. The number of aromatic carboxylic acids is 1. The fraction of sp³-hybridized carbons (Fsp3) is 0.0714. The van der Waals surface area contributed by atoms with E-state index in [9.17, 15) is 9.90 Å². The van der Waals surface area contributed by atoms with Crippen molar-refractivity contribution in [1.29, 1.82) is 0 Å². The molecule has 0 radical (unpaired) electrons. The van der Waals surface area contributed by atoms with Gasteiger partial charge in [-0.25, -0.2) is 0 Å². The van der Waals surface area contributed by atoms with Crippen LogP contribution in [0.1, 0.15) is 15.9 Å². The summed E-state index contributed by atoms with van der Waals surface area (Å²) in [5, 5.41) is 10.6. The molecule has 0 N–H and O–H groups in total. The lowest BCUT2D eigenvalue weighted by Crippen LogP contribution is -2.21. The summed E-state index contributed by atoms with van der Waals surface area (Å²) in [5.74, 6) is -1.14. The van der Waals surface area contributed by atoms with Crippen molar-refractivity contribution in [2.45, 2.75) is 6.92 Å². The van der Waals surface area contributed by atoms with Crippen molar-refractivity contribution in [2.24, 2.45) is 0 Å². The van der Waals surface area contributed by atoms with Gasteiger partial charge in [-0.1, -0.05) is 54.1 Å². The van der Waals surface area contributed by atoms with E-state index in [1.165, 1.54) is 5.56 Å². The number of aryl methyl sites for hydroxylation is 1. The minimum atomic E-state index is -1.14.